The fraction of sp³-hybridized carbons (Fsp3) is 0. The Labute approximate surface area is 121 Å². The molecule has 0 saturated heterocycles. The van der Waals surface area contributed by atoms with E-state index in [1.165, 1.54) is 0 Å². The second-order valence-electron chi connectivity index (χ2n) is 3.56. The zero-order valence-corrected chi connectivity index (χ0v) is 13.0. The topological polar surface area (TPSA) is 79.8 Å². The van der Waals surface area contributed by atoms with Gasteiger partial charge in [0.15, 0.2) is 0 Å². The van der Waals surface area contributed by atoms with Crippen molar-refractivity contribution in [2.24, 2.45) is 0 Å². The predicted molar refractivity (Wildman–Crippen MR) is 65.7 cm³/mol. The first-order valence-corrected chi connectivity index (χ1v) is 5.35. The molecule has 19 heavy (non-hydrogen) atoms. The van der Waals surface area contributed by atoms with E-state index in [4.69, 9.17) is 0 Å². The number of fused-ring (bicyclic) bond motifs is 2. The van der Waals surface area contributed by atoms with E-state index < -0.39 is 0 Å². The molecule has 6 nitrogen and oxygen atoms in total. The SMILES string of the molecule is [Zn+2].c1ccc2[n-]nnc2c1.c1ccc2[n-]nnc2c1. The van der Waals surface area contributed by atoms with Crippen molar-refractivity contribution in [1.29, 1.82) is 0 Å². The number of benzene rings is 2. The monoisotopic (exact) mass is 300 g/mol. The summed E-state index contributed by atoms with van der Waals surface area (Å²) >= 11 is 0. The molecule has 0 amide bonds. The molecule has 0 saturated carbocycles. The Morgan fingerprint density at radius 2 is 1.05 bits per heavy atom. The summed E-state index contributed by atoms with van der Waals surface area (Å²) in [6.45, 7) is 0. The standard InChI is InChI=1S/2C6H4N3.Zn/c2*1-2-4-6-5(3-1)7-9-8-6;/h2*1-4H;/q2*-1;+2. The molecule has 0 N–H and O–H groups in total. The van der Waals surface area contributed by atoms with Crippen LogP contribution >= 0.6 is 0 Å². The summed E-state index contributed by atoms with van der Waals surface area (Å²) in [6, 6.07) is 15.2. The summed E-state index contributed by atoms with van der Waals surface area (Å²) in [6.07, 6.45) is 0. The molecule has 0 spiro atoms. The Hall–Kier alpha value is -2.14. The molecule has 88 valence electrons. The van der Waals surface area contributed by atoms with Crippen LogP contribution in [0.25, 0.3) is 22.1 Å². The average Bonchev–Trinajstić information content (AvgIpc) is 3.08. The van der Waals surface area contributed by atoms with Crippen LogP contribution < -0.4 is 10.2 Å². The third-order valence-corrected chi connectivity index (χ3v) is 2.37. The summed E-state index contributed by atoms with van der Waals surface area (Å²) in [7, 11) is 0. The van der Waals surface area contributed by atoms with Crippen molar-refractivity contribution in [2.75, 3.05) is 0 Å². The minimum Gasteiger partial charge on any atom is -0.350 e. The third-order valence-electron chi connectivity index (χ3n) is 2.37. The van der Waals surface area contributed by atoms with E-state index in [-0.39, 0.29) is 19.5 Å². The van der Waals surface area contributed by atoms with Crippen molar-refractivity contribution < 1.29 is 19.5 Å². The molecule has 0 atom stereocenters. The molecule has 0 radical (unpaired) electrons. The third kappa shape index (κ3) is 3.00. The van der Waals surface area contributed by atoms with Gasteiger partial charge in [0.05, 0.1) is 0 Å². The molecular formula is C12H8N6Zn. The number of hydrogen-bond acceptors (Lipinski definition) is 4. The number of aromatic nitrogens is 6. The Morgan fingerprint density at radius 1 is 0.632 bits per heavy atom. The van der Waals surface area contributed by atoms with Gasteiger partial charge in [0.1, 0.15) is 0 Å². The Balaban J connectivity index is 0.000000133. The van der Waals surface area contributed by atoms with Crippen molar-refractivity contribution in [3.63, 3.8) is 0 Å². The van der Waals surface area contributed by atoms with Crippen molar-refractivity contribution in [3.8, 4) is 0 Å². The van der Waals surface area contributed by atoms with Gasteiger partial charge in [0.2, 0.25) is 0 Å². The van der Waals surface area contributed by atoms with Crippen molar-refractivity contribution in [1.82, 2.24) is 30.8 Å². The van der Waals surface area contributed by atoms with E-state index in [2.05, 4.69) is 30.8 Å². The van der Waals surface area contributed by atoms with E-state index >= 15 is 0 Å². The number of nitrogens with zero attached hydrogens (tertiary/aromatic N) is 6. The van der Waals surface area contributed by atoms with Gasteiger partial charge >= 0.3 is 19.5 Å². The molecule has 2 aromatic carbocycles. The number of rotatable bonds is 0. The van der Waals surface area contributed by atoms with Gasteiger partial charge in [0, 0.05) is 0 Å². The van der Waals surface area contributed by atoms with Crippen LogP contribution in [0, 0.1) is 0 Å². The first-order chi connectivity index (χ1) is 8.93. The van der Waals surface area contributed by atoms with Gasteiger partial charge < -0.3 is 20.4 Å². The van der Waals surface area contributed by atoms with Crippen molar-refractivity contribution >= 4 is 22.1 Å². The van der Waals surface area contributed by atoms with E-state index in [0.717, 1.165) is 22.1 Å². The first kappa shape index (κ1) is 13.3. The predicted octanol–water partition coefficient (Wildman–Crippen LogP) is 1.17. The molecular weight excluding hydrogens is 294 g/mol. The average molecular weight is 302 g/mol. The second kappa shape index (κ2) is 6.15. The zero-order valence-electron chi connectivity index (χ0n) is 10.0. The fourth-order valence-corrected chi connectivity index (χ4v) is 1.50. The first-order valence-electron chi connectivity index (χ1n) is 5.35. The van der Waals surface area contributed by atoms with Gasteiger partial charge in [-0.3, -0.25) is 10.4 Å². The summed E-state index contributed by atoms with van der Waals surface area (Å²) < 4.78 is 0. The van der Waals surface area contributed by atoms with E-state index in [1.807, 2.05) is 48.5 Å². The molecule has 4 rings (SSSR count). The molecule has 0 aliphatic carbocycles. The van der Waals surface area contributed by atoms with Crippen LogP contribution in [0.3, 0.4) is 0 Å². The maximum Gasteiger partial charge on any atom is 2.00 e. The van der Waals surface area contributed by atoms with E-state index in [0.29, 0.717) is 0 Å². The van der Waals surface area contributed by atoms with Crippen molar-refractivity contribution in [2.45, 2.75) is 0 Å². The molecule has 4 aromatic rings. The van der Waals surface area contributed by atoms with Crippen LogP contribution in [0.1, 0.15) is 0 Å². The maximum atomic E-state index is 3.76. The van der Waals surface area contributed by atoms with Crippen LogP contribution in [0.2, 0.25) is 0 Å². The minimum atomic E-state index is 0. The van der Waals surface area contributed by atoms with Gasteiger partial charge in [-0.15, -0.1) is 0 Å². The molecule has 2 aromatic heterocycles. The van der Waals surface area contributed by atoms with Gasteiger partial charge in [-0.05, 0) is 22.1 Å². The normalized spacial score (nSPS) is 9.68. The molecule has 0 aliphatic heterocycles. The van der Waals surface area contributed by atoms with Crippen LogP contribution in [-0.4, -0.2) is 20.6 Å². The van der Waals surface area contributed by atoms with E-state index in [1.54, 1.807) is 0 Å². The number of hydrogen-bond donors (Lipinski definition) is 0. The molecule has 2 heterocycles. The largest absolute Gasteiger partial charge is 2.00 e. The van der Waals surface area contributed by atoms with Crippen LogP contribution in [0.15, 0.2) is 48.5 Å². The summed E-state index contributed by atoms with van der Waals surface area (Å²) in [5.74, 6) is 0. The molecule has 0 fully saturated rings. The molecule has 0 unspecified atom stereocenters. The fourth-order valence-electron chi connectivity index (χ4n) is 1.50. The second-order valence-corrected chi connectivity index (χ2v) is 3.56. The maximum absolute atomic E-state index is 3.76. The van der Waals surface area contributed by atoms with Crippen LogP contribution in [0.5, 0.6) is 0 Å². The van der Waals surface area contributed by atoms with Gasteiger partial charge in [-0.2, -0.15) is 0 Å². The van der Waals surface area contributed by atoms with Gasteiger partial charge in [-0.1, -0.05) is 48.5 Å². The Morgan fingerprint density at radius 3 is 1.47 bits per heavy atom. The zero-order chi connectivity index (χ0) is 12.2. The van der Waals surface area contributed by atoms with Gasteiger partial charge in [0.25, 0.3) is 0 Å². The van der Waals surface area contributed by atoms with Crippen LogP contribution in [0.4, 0.5) is 0 Å². The smallest absolute Gasteiger partial charge is 0.350 e. The quantitative estimate of drug-likeness (QED) is 0.454. The molecule has 7 heteroatoms. The molecule has 0 aliphatic rings. The Kier molecular flexibility index (Phi) is 4.31. The summed E-state index contributed by atoms with van der Waals surface area (Å²) in [5.41, 5.74) is 3.44. The summed E-state index contributed by atoms with van der Waals surface area (Å²) in [4.78, 5) is 0. The van der Waals surface area contributed by atoms with Crippen LogP contribution in [-0.2, 0) is 19.5 Å². The molecule has 0 bridgehead atoms. The van der Waals surface area contributed by atoms with E-state index in [9.17, 15) is 0 Å². The minimum absolute atomic E-state index is 0. The van der Waals surface area contributed by atoms with Gasteiger partial charge in [-0.25, -0.2) is 0 Å². The Bertz CT molecular complexity index is 636. The summed E-state index contributed by atoms with van der Waals surface area (Å²) in [5, 5.41) is 22.0. The van der Waals surface area contributed by atoms with Crippen molar-refractivity contribution in [3.05, 3.63) is 48.5 Å².